The number of aryl methyl sites for hydroxylation is 2. The van der Waals surface area contributed by atoms with Gasteiger partial charge in [0.05, 0.1) is 24.4 Å². The lowest BCUT2D eigenvalue weighted by molar-refractivity contribution is -0.173. The average molecular weight is 533 g/mol. The number of nitrogens with one attached hydrogen (secondary N) is 2. The first-order valence-corrected chi connectivity index (χ1v) is 13.1. The number of hydrogen-bond donors (Lipinski definition) is 2. The van der Waals surface area contributed by atoms with Crippen LogP contribution in [0.5, 0.6) is 0 Å². The van der Waals surface area contributed by atoms with Gasteiger partial charge in [-0.3, -0.25) is 4.79 Å². The Morgan fingerprint density at radius 1 is 1.22 bits per heavy atom. The molecule has 3 heterocycles. The molecule has 2 unspecified atom stereocenters. The summed E-state index contributed by atoms with van der Waals surface area (Å²) in [7, 11) is 0. The molecule has 1 aliphatic carbocycles. The van der Waals surface area contributed by atoms with Crippen molar-refractivity contribution in [2.45, 2.75) is 64.2 Å². The second-order valence-corrected chi connectivity index (χ2v) is 10.4. The number of alkyl halides is 3. The van der Waals surface area contributed by atoms with Crippen molar-refractivity contribution in [2.24, 2.45) is 0 Å². The summed E-state index contributed by atoms with van der Waals surface area (Å²) in [5.74, 6) is -1.15. The van der Waals surface area contributed by atoms with Crippen molar-refractivity contribution < 1.29 is 27.5 Å². The van der Waals surface area contributed by atoms with Crippen LogP contribution >= 0.6 is 11.3 Å². The lowest BCUT2D eigenvalue weighted by atomic mass is 9.95. The maximum Gasteiger partial charge on any atom is 0.410 e. The number of esters is 1. The third-order valence-corrected chi connectivity index (χ3v) is 8.05. The molecule has 0 bridgehead atoms. The topological polar surface area (TPSA) is 85.2 Å². The zero-order valence-electron chi connectivity index (χ0n) is 20.4. The van der Waals surface area contributed by atoms with Crippen LogP contribution in [0.15, 0.2) is 30.5 Å². The average Bonchev–Trinajstić information content (AvgIpc) is 3.44. The van der Waals surface area contributed by atoms with Gasteiger partial charge in [0, 0.05) is 11.3 Å². The molecule has 0 radical (unpaired) electrons. The molecule has 196 valence electrons. The zero-order valence-corrected chi connectivity index (χ0v) is 21.3. The van der Waals surface area contributed by atoms with Crippen LogP contribution in [0.25, 0.3) is 0 Å². The third-order valence-electron chi connectivity index (χ3n) is 6.84. The van der Waals surface area contributed by atoms with Crippen LogP contribution in [0.1, 0.15) is 80.6 Å². The molecule has 2 atom stereocenters. The van der Waals surface area contributed by atoms with Gasteiger partial charge >= 0.3 is 12.1 Å². The minimum atomic E-state index is -4.55. The Labute approximate surface area is 216 Å². The van der Waals surface area contributed by atoms with Gasteiger partial charge in [-0.25, -0.2) is 9.48 Å². The summed E-state index contributed by atoms with van der Waals surface area (Å²) in [6.45, 7) is 3.80. The third kappa shape index (κ3) is 4.84. The van der Waals surface area contributed by atoms with Gasteiger partial charge < -0.3 is 15.4 Å². The molecule has 0 spiro atoms. The van der Waals surface area contributed by atoms with E-state index in [1.54, 1.807) is 19.1 Å². The minimum absolute atomic E-state index is 0.00402. The first-order chi connectivity index (χ1) is 17.7. The quantitative estimate of drug-likeness (QED) is 0.381. The molecule has 2 N–H and O–H groups in total. The molecule has 3 aromatic rings. The number of rotatable bonds is 5. The number of halogens is 3. The van der Waals surface area contributed by atoms with Crippen LogP contribution in [0.2, 0.25) is 0 Å². The number of carbonyl (C=O) groups excluding carboxylic acids is 2. The Bertz CT molecular complexity index is 1330. The second kappa shape index (κ2) is 9.85. The number of nitrogens with zero attached hydrogens (tertiary/aromatic N) is 2. The van der Waals surface area contributed by atoms with Crippen molar-refractivity contribution in [1.82, 2.24) is 9.78 Å². The molecule has 1 aromatic carbocycles. The Kier molecular flexibility index (Phi) is 6.74. The maximum atomic E-state index is 14.0. The highest BCUT2D eigenvalue weighted by molar-refractivity contribution is 7.17. The Morgan fingerprint density at radius 3 is 2.65 bits per heavy atom. The van der Waals surface area contributed by atoms with E-state index < -0.39 is 30.1 Å². The van der Waals surface area contributed by atoms with E-state index in [-0.39, 0.29) is 24.4 Å². The highest BCUT2D eigenvalue weighted by Gasteiger charge is 2.47. The maximum absolute atomic E-state index is 14.0. The number of carbonyl (C=O) groups is 2. The fraction of sp³-hybridized carbons (Fsp3) is 0.423. The normalized spacial score (nSPS) is 18.9. The van der Waals surface area contributed by atoms with Crippen molar-refractivity contribution in [3.05, 3.63) is 63.2 Å². The van der Waals surface area contributed by atoms with Crippen LogP contribution in [-0.2, 0) is 17.6 Å². The summed E-state index contributed by atoms with van der Waals surface area (Å²) in [6, 6.07) is 4.71. The molecule has 0 saturated heterocycles. The zero-order chi connectivity index (χ0) is 26.3. The molecule has 37 heavy (non-hydrogen) atoms. The van der Waals surface area contributed by atoms with Gasteiger partial charge in [0.2, 0.25) is 0 Å². The van der Waals surface area contributed by atoms with Crippen molar-refractivity contribution in [2.75, 3.05) is 17.2 Å². The summed E-state index contributed by atoms with van der Waals surface area (Å²) in [6.07, 6.45) is -0.223. The van der Waals surface area contributed by atoms with E-state index in [1.165, 1.54) is 11.3 Å². The number of thiophene rings is 1. The summed E-state index contributed by atoms with van der Waals surface area (Å²) in [4.78, 5) is 27.2. The van der Waals surface area contributed by atoms with Gasteiger partial charge in [-0.15, -0.1) is 11.3 Å². The standard InChI is InChI=1S/C26H27F3N4O3S/c1-3-36-25(35)21-16-6-4-5-7-19(16)37-24(21)32-23(34)17-13-30-33-20(26(27,28)29)12-18(31-22(17)33)15-10-8-14(2)9-11-15/h8-11,13,18,20,31H,3-7,12H2,1-2H3,(H,32,34). The number of aromatic nitrogens is 2. The van der Waals surface area contributed by atoms with Gasteiger partial charge in [-0.05, 0) is 50.7 Å². The van der Waals surface area contributed by atoms with E-state index in [9.17, 15) is 22.8 Å². The minimum Gasteiger partial charge on any atom is -0.462 e. The molecule has 1 amide bonds. The van der Waals surface area contributed by atoms with E-state index >= 15 is 0 Å². The van der Waals surface area contributed by atoms with Crippen molar-refractivity contribution in [1.29, 1.82) is 0 Å². The Morgan fingerprint density at radius 2 is 1.95 bits per heavy atom. The lowest BCUT2D eigenvalue weighted by Crippen LogP contribution is -2.36. The highest BCUT2D eigenvalue weighted by Crippen LogP contribution is 2.45. The largest absolute Gasteiger partial charge is 0.462 e. The van der Waals surface area contributed by atoms with Crippen LogP contribution in [0.4, 0.5) is 24.0 Å². The van der Waals surface area contributed by atoms with E-state index in [0.717, 1.165) is 46.1 Å². The summed E-state index contributed by atoms with van der Waals surface area (Å²) in [5.41, 5.74) is 2.89. The fourth-order valence-corrected chi connectivity index (χ4v) is 6.26. The SMILES string of the molecule is CCOC(=O)c1c(NC(=O)c2cnn3c2NC(c2ccc(C)cc2)CC3C(F)(F)F)sc2c1CCCC2. The first kappa shape index (κ1) is 25.3. The van der Waals surface area contributed by atoms with E-state index in [0.29, 0.717) is 22.5 Å². The number of benzene rings is 1. The summed E-state index contributed by atoms with van der Waals surface area (Å²) >= 11 is 1.32. The van der Waals surface area contributed by atoms with Crippen molar-refractivity contribution in [3.8, 4) is 0 Å². The molecule has 11 heteroatoms. The number of fused-ring (bicyclic) bond motifs is 2. The monoisotopic (exact) mass is 532 g/mol. The molecule has 5 rings (SSSR count). The van der Waals surface area contributed by atoms with Gasteiger partial charge in [0.15, 0.2) is 6.04 Å². The molecule has 0 fully saturated rings. The predicted octanol–water partition coefficient (Wildman–Crippen LogP) is 6.22. The molecule has 2 aliphatic rings. The van der Waals surface area contributed by atoms with Crippen molar-refractivity contribution in [3.63, 3.8) is 0 Å². The molecule has 0 saturated carbocycles. The van der Waals surface area contributed by atoms with Gasteiger partial charge in [0.25, 0.3) is 5.91 Å². The lowest BCUT2D eigenvalue weighted by Gasteiger charge is -2.34. The van der Waals surface area contributed by atoms with Gasteiger partial charge in [-0.2, -0.15) is 18.3 Å². The van der Waals surface area contributed by atoms with E-state index in [4.69, 9.17) is 4.74 Å². The number of amides is 1. The molecular formula is C26H27F3N4O3S. The summed E-state index contributed by atoms with van der Waals surface area (Å²) in [5, 5.41) is 10.2. The van der Waals surface area contributed by atoms with E-state index in [1.807, 2.05) is 19.1 Å². The van der Waals surface area contributed by atoms with Crippen LogP contribution in [0.3, 0.4) is 0 Å². The fourth-order valence-electron chi connectivity index (χ4n) is 4.99. The smallest absolute Gasteiger partial charge is 0.410 e. The van der Waals surface area contributed by atoms with Gasteiger partial charge in [0.1, 0.15) is 16.4 Å². The second-order valence-electron chi connectivity index (χ2n) is 9.34. The van der Waals surface area contributed by atoms with Crippen LogP contribution < -0.4 is 10.6 Å². The molecular weight excluding hydrogens is 505 g/mol. The molecule has 1 aliphatic heterocycles. The molecule has 2 aromatic heterocycles. The van der Waals surface area contributed by atoms with Crippen LogP contribution in [0, 0.1) is 6.92 Å². The Balaban J connectivity index is 1.49. The number of ether oxygens (including phenoxy) is 1. The molecule has 7 nitrogen and oxygen atoms in total. The summed E-state index contributed by atoms with van der Waals surface area (Å²) < 4.78 is 48.2. The highest BCUT2D eigenvalue weighted by atomic mass is 32.1. The first-order valence-electron chi connectivity index (χ1n) is 12.3. The number of anilines is 2. The predicted molar refractivity (Wildman–Crippen MR) is 134 cm³/mol. The Hall–Kier alpha value is -3.34. The van der Waals surface area contributed by atoms with Crippen molar-refractivity contribution >= 4 is 34.0 Å². The number of hydrogen-bond acceptors (Lipinski definition) is 6. The van der Waals surface area contributed by atoms with E-state index in [2.05, 4.69) is 15.7 Å². The van der Waals surface area contributed by atoms with Crippen LogP contribution in [-0.4, -0.2) is 34.4 Å². The van der Waals surface area contributed by atoms with Gasteiger partial charge in [-0.1, -0.05) is 29.8 Å².